The third kappa shape index (κ3) is 6.07. The van der Waals surface area contributed by atoms with E-state index in [0.717, 1.165) is 0 Å². The lowest BCUT2D eigenvalue weighted by Crippen LogP contribution is -2.36. The molecule has 7 heteroatoms. The van der Waals surface area contributed by atoms with Gasteiger partial charge < -0.3 is 25.3 Å². The zero-order chi connectivity index (χ0) is 12.4. The number of ether oxygens (including phenoxy) is 2. The van der Waals surface area contributed by atoms with E-state index >= 15 is 0 Å². The molecule has 0 spiro atoms. The molecule has 0 aliphatic rings. The first-order valence-electron chi connectivity index (χ1n) is 5.02. The van der Waals surface area contributed by atoms with Crippen molar-refractivity contribution < 1.29 is 19.5 Å². The van der Waals surface area contributed by atoms with Gasteiger partial charge in [0.2, 0.25) is 0 Å². The molecule has 7 nitrogen and oxygen atoms in total. The maximum Gasteiger partial charge on any atom is 0.409 e. The van der Waals surface area contributed by atoms with Gasteiger partial charge in [-0.05, 0) is 6.92 Å². The first kappa shape index (κ1) is 14.5. The summed E-state index contributed by atoms with van der Waals surface area (Å²) in [6, 6.07) is 0. The summed E-state index contributed by atoms with van der Waals surface area (Å²) in [5.74, 6) is 0.0757. The molecule has 3 N–H and O–H groups in total. The lowest BCUT2D eigenvalue weighted by Gasteiger charge is -2.20. The number of rotatable bonds is 7. The van der Waals surface area contributed by atoms with Crippen molar-refractivity contribution in [3.63, 3.8) is 0 Å². The molecular formula is C9H19N3O4. The van der Waals surface area contributed by atoms with Crippen molar-refractivity contribution in [3.8, 4) is 0 Å². The van der Waals surface area contributed by atoms with E-state index in [0.29, 0.717) is 32.7 Å². The number of hydrogen-bond donors (Lipinski definition) is 2. The van der Waals surface area contributed by atoms with Crippen LogP contribution in [0.5, 0.6) is 0 Å². The van der Waals surface area contributed by atoms with Crippen LogP contribution in [-0.4, -0.2) is 55.4 Å². The predicted molar refractivity (Wildman–Crippen MR) is 58.5 cm³/mol. The predicted octanol–water partition coefficient (Wildman–Crippen LogP) is 0.228. The SMILES string of the molecule is CCOC(=O)N(CCOC)CCC(N)=NO. The van der Waals surface area contributed by atoms with Gasteiger partial charge >= 0.3 is 6.09 Å². The Bertz CT molecular complexity index is 233. The van der Waals surface area contributed by atoms with Gasteiger partial charge in [0.1, 0.15) is 5.84 Å². The Kier molecular flexibility index (Phi) is 7.96. The fraction of sp³-hybridized carbons (Fsp3) is 0.778. The second kappa shape index (κ2) is 8.78. The van der Waals surface area contributed by atoms with Gasteiger partial charge in [-0.1, -0.05) is 5.16 Å². The molecule has 0 aromatic heterocycles. The first-order chi connectivity index (χ1) is 7.65. The Hall–Kier alpha value is -1.50. The van der Waals surface area contributed by atoms with Gasteiger partial charge in [0.15, 0.2) is 0 Å². The van der Waals surface area contributed by atoms with E-state index in [9.17, 15) is 4.79 Å². The highest BCUT2D eigenvalue weighted by atomic mass is 16.6. The van der Waals surface area contributed by atoms with E-state index in [1.807, 2.05) is 0 Å². The maximum atomic E-state index is 11.5. The highest BCUT2D eigenvalue weighted by Gasteiger charge is 2.14. The van der Waals surface area contributed by atoms with Crippen LogP contribution in [0, 0.1) is 0 Å². The molecule has 0 bridgehead atoms. The molecule has 16 heavy (non-hydrogen) atoms. The van der Waals surface area contributed by atoms with Crippen molar-refractivity contribution in [1.29, 1.82) is 0 Å². The summed E-state index contributed by atoms with van der Waals surface area (Å²) in [5.41, 5.74) is 5.31. The number of oxime groups is 1. The maximum absolute atomic E-state index is 11.5. The van der Waals surface area contributed by atoms with Gasteiger partial charge in [-0.25, -0.2) is 4.79 Å². The molecule has 0 saturated heterocycles. The molecule has 0 saturated carbocycles. The van der Waals surface area contributed by atoms with Crippen LogP contribution < -0.4 is 5.73 Å². The third-order valence-electron chi connectivity index (χ3n) is 1.86. The van der Waals surface area contributed by atoms with Gasteiger partial charge in [0.25, 0.3) is 0 Å². The number of carbonyl (C=O) groups is 1. The molecule has 0 aromatic carbocycles. The molecule has 0 aliphatic carbocycles. The number of nitrogens with two attached hydrogens (primary N) is 1. The zero-order valence-corrected chi connectivity index (χ0v) is 9.68. The molecule has 0 heterocycles. The van der Waals surface area contributed by atoms with Crippen LogP contribution in [0.3, 0.4) is 0 Å². The molecule has 0 aliphatic heterocycles. The molecule has 1 amide bonds. The Balaban J connectivity index is 4.14. The van der Waals surface area contributed by atoms with Gasteiger partial charge in [-0.15, -0.1) is 0 Å². The quantitative estimate of drug-likeness (QED) is 0.284. The van der Waals surface area contributed by atoms with Crippen molar-refractivity contribution in [2.75, 3.05) is 33.4 Å². The van der Waals surface area contributed by atoms with E-state index in [1.54, 1.807) is 14.0 Å². The molecule has 0 aromatic rings. The van der Waals surface area contributed by atoms with E-state index in [-0.39, 0.29) is 5.84 Å². The first-order valence-corrected chi connectivity index (χ1v) is 5.02. The normalized spacial score (nSPS) is 11.2. The molecule has 0 rings (SSSR count). The van der Waals surface area contributed by atoms with Crippen molar-refractivity contribution in [1.82, 2.24) is 4.90 Å². The minimum absolute atomic E-state index is 0.0757. The molecule has 94 valence electrons. The highest BCUT2D eigenvalue weighted by Crippen LogP contribution is 1.97. The summed E-state index contributed by atoms with van der Waals surface area (Å²) in [4.78, 5) is 12.9. The van der Waals surface area contributed by atoms with E-state index in [2.05, 4.69) is 5.16 Å². The van der Waals surface area contributed by atoms with E-state index in [4.69, 9.17) is 20.4 Å². The topological polar surface area (TPSA) is 97.4 Å². The Morgan fingerprint density at radius 3 is 2.69 bits per heavy atom. The molecule has 0 radical (unpaired) electrons. The Morgan fingerprint density at radius 1 is 1.50 bits per heavy atom. The number of carbonyl (C=O) groups excluding carboxylic acids is 1. The Labute approximate surface area is 94.8 Å². The summed E-state index contributed by atoms with van der Waals surface area (Å²) in [7, 11) is 1.55. The van der Waals surface area contributed by atoms with Crippen molar-refractivity contribution in [2.45, 2.75) is 13.3 Å². The van der Waals surface area contributed by atoms with Gasteiger partial charge in [0, 0.05) is 26.6 Å². The monoisotopic (exact) mass is 233 g/mol. The van der Waals surface area contributed by atoms with Gasteiger partial charge in [-0.2, -0.15) is 0 Å². The van der Waals surface area contributed by atoms with Crippen molar-refractivity contribution in [2.24, 2.45) is 10.9 Å². The minimum atomic E-state index is -0.426. The largest absolute Gasteiger partial charge is 0.450 e. The third-order valence-corrected chi connectivity index (χ3v) is 1.86. The second-order valence-electron chi connectivity index (χ2n) is 3.02. The Morgan fingerprint density at radius 2 is 2.19 bits per heavy atom. The summed E-state index contributed by atoms with van der Waals surface area (Å²) < 4.78 is 9.73. The molecule has 0 atom stereocenters. The van der Waals surface area contributed by atoms with Crippen LogP contribution in [0.4, 0.5) is 4.79 Å². The number of nitrogens with zero attached hydrogens (tertiary/aromatic N) is 2. The van der Waals surface area contributed by atoms with Crippen LogP contribution in [0.2, 0.25) is 0 Å². The zero-order valence-electron chi connectivity index (χ0n) is 9.68. The van der Waals surface area contributed by atoms with Gasteiger partial charge in [0.05, 0.1) is 13.2 Å². The minimum Gasteiger partial charge on any atom is -0.450 e. The second-order valence-corrected chi connectivity index (χ2v) is 3.02. The number of amidine groups is 1. The van der Waals surface area contributed by atoms with Crippen LogP contribution in [-0.2, 0) is 9.47 Å². The molecule has 0 fully saturated rings. The standard InChI is InChI=1S/C9H19N3O4/c1-3-16-9(13)12(6-7-15-2)5-4-8(10)11-14/h14H,3-7H2,1-2H3,(H2,10,11). The van der Waals surface area contributed by atoms with Crippen LogP contribution in [0.1, 0.15) is 13.3 Å². The van der Waals surface area contributed by atoms with E-state index < -0.39 is 6.09 Å². The summed E-state index contributed by atoms with van der Waals surface area (Å²) >= 11 is 0. The average molecular weight is 233 g/mol. The number of amides is 1. The fourth-order valence-electron chi connectivity index (χ4n) is 1.01. The lowest BCUT2D eigenvalue weighted by molar-refractivity contribution is 0.0921. The fourth-order valence-corrected chi connectivity index (χ4v) is 1.01. The van der Waals surface area contributed by atoms with E-state index in [1.165, 1.54) is 4.90 Å². The van der Waals surface area contributed by atoms with Gasteiger partial charge in [-0.3, -0.25) is 0 Å². The highest BCUT2D eigenvalue weighted by molar-refractivity contribution is 5.80. The summed E-state index contributed by atoms with van der Waals surface area (Å²) in [5, 5.41) is 11.2. The van der Waals surface area contributed by atoms with Crippen LogP contribution in [0.25, 0.3) is 0 Å². The average Bonchev–Trinajstić information content (AvgIpc) is 2.29. The summed E-state index contributed by atoms with van der Waals surface area (Å²) in [6.45, 7) is 3.20. The smallest absolute Gasteiger partial charge is 0.409 e. The number of methoxy groups -OCH3 is 1. The van der Waals surface area contributed by atoms with Crippen LogP contribution >= 0.6 is 0 Å². The molecule has 0 unspecified atom stereocenters. The summed E-state index contributed by atoms with van der Waals surface area (Å²) in [6.07, 6.45) is -0.135. The number of hydrogen-bond acceptors (Lipinski definition) is 5. The van der Waals surface area contributed by atoms with Crippen LogP contribution in [0.15, 0.2) is 5.16 Å². The lowest BCUT2D eigenvalue weighted by atomic mass is 10.3. The van der Waals surface area contributed by atoms with Crippen molar-refractivity contribution >= 4 is 11.9 Å². The molecular weight excluding hydrogens is 214 g/mol. The van der Waals surface area contributed by atoms with Crippen molar-refractivity contribution in [3.05, 3.63) is 0 Å².